The van der Waals surface area contributed by atoms with E-state index >= 15 is 0 Å². The summed E-state index contributed by atoms with van der Waals surface area (Å²) in [6.45, 7) is 3.58. The number of hydrogen-bond acceptors (Lipinski definition) is 4. The van der Waals surface area contributed by atoms with Gasteiger partial charge in [-0.05, 0) is 60.9 Å². The molecule has 3 aromatic rings. The third-order valence-electron chi connectivity index (χ3n) is 4.50. The Morgan fingerprint density at radius 2 is 1.64 bits per heavy atom. The molecule has 33 heavy (non-hydrogen) atoms. The number of carbonyl (C=O) groups is 1. The molecule has 10 heteroatoms. The molecule has 0 saturated heterocycles. The van der Waals surface area contributed by atoms with Crippen molar-refractivity contribution >= 4 is 47.8 Å². The summed E-state index contributed by atoms with van der Waals surface area (Å²) in [5.74, 6) is -1.04. The number of rotatable bonds is 5. The first-order valence-corrected chi connectivity index (χ1v) is 11.5. The van der Waals surface area contributed by atoms with Crippen LogP contribution in [0.3, 0.4) is 0 Å². The van der Waals surface area contributed by atoms with E-state index in [0.717, 1.165) is 11.1 Å². The average molecular weight is 490 g/mol. The summed E-state index contributed by atoms with van der Waals surface area (Å²) in [5.41, 5.74) is 2.98. The van der Waals surface area contributed by atoms with Crippen molar-refractivity contribution in [2.45, 2.75) is 13.8 Å². The van der Waals surface area contributed by atoms with Gasteiger partial charge in [0.25, 0.3) is 5.69 Å². The Labute approximate surface area is 195 Å². The number of non-ortho nitro benzene ring substituents is 1. The first kappa shape index (κ1) is 26.0. The Morgan fingerprint density at radius 3 is 2.12 bits per heavy atom. The van der Waals surface area contributed by atoms with Gasteiger partial charge in [0, 0.05) is 12.1 Å². The molecule has 3 aromatic carbocycles. The third-order valence-corrected chi connectivity index (χ3v) is 5.96. The average Bonchev–Trinajstić information content (AvgIpc) is 2.74. The summed E-state index contributed by atoms with van der Waals surface area (Å²) in [7, 11) is -4.21. The van der Waals surface area contributed by atoms with Crippen LogP contribution in [0.4, 0.5) is 5.69 Å². The van der Waals surface area contributed by atoms with Crippen molar-refractivity contribution in [2.24, 2.45) is 0 Å². The van der Waals surface area contributed by atoms with E-state index in [2.05, 4.69) is 0 Å². The van der Waals surface area contributed by atoms with Gasteiger partial charge in [-0.3, -0.25) is 14.7 Å². The summed E-state index contributed by atoms with van der Waals surface area (Å²) in [5, 5.41) is 20.0. The Kier molecular flexibility index (Phi) is 8.68. The van der Waals surface area contributed by atoms with Crippen molar-refractivity contribution in [3.05, 3.63) is 104 Å². The van der Waals surface area contributed by atoms with Crippen molar-refractivity contribution in [2.75, 3.05) is 0 Å². The van der Waals surface area contributed by atoms with Crippen LogP contribution in [0.5, 0.6) is 0 Å². The van der Waals surface area contributed by atoms with Crippen LogP contribution in [0.25, 0.3) is 11.6 Å². The molecule has 0 aromatic heterocycles. The SMILES string of the molecule is Cc1ccc(Cl)c(P(=O)(O)O)c1.Cc1ccccc1C(=Cc1ccc([N+](=O)[O-])cc1)C(=O)O. The molecule has 0 bridgehead atoms. The van der Waals surface area contributed by atoms with Gasteiger partial charge in [0.2, 0.25) is 0 Å². The number of hydrogen-bond donors (Lipinski definition) is 3. The highest BCUT2D eigenvalue weighted by Crippen LogP contribution is 2.36. The maximum absolute atomic E-state index is 11.5. The number of carboxylic acids is 1. The van der Waals surface area contributed by atoms with E-state index in [1.807, 2.05) is 19.1 Å². The summed E-state index contributed by atoms with van der Waals surface area (Å²) >= 11 is 5.59. The van der Waals surface area contributed by atoms with Crippen LogP contribution in [0, 0.1) is 24.0 Å². The van der Waals surface area contributed by atoms with Gasteiger partial charge in [-0.25, -0.2) is 4.79 Å². The van der Waals surface area contributed by atoms with Crippen molar-refractivity contribution in [1.82, 2.24) is 0 Å². The lowest BCUT2D eigenvalue weighted by atomic mass is 9.98. The largest absolute Gasteiger partial charge is 0.478 e. The zero-order valence-corrected chi connectivity index (χ0v) is 19.3. The van der Waals surface area contributed by atoms with Crippen molar-refractivity contribution < 1.29 is 29.2 Å². The Morgan fingerprint density at radius 1 is 1.03 bits per heavy atom. The minimum absolute atomic E-state index is 0.0279. The molecule has 0 heterocycles. The number of benzene rings is 3. The zero-order chi connectivity index (χ0) is 24.8. The molecular weight excluding hydrogens is 469 g/mol. The number of carboxylic acid groups (broad SMARTS) is 1. The molecule has 0 amide bonds. The van der Waals surface area contributed by atoms with Gasteiger partial charge in [0.1, 0.15) is 0 Å². The number of nitrogens with zero attached hydrogens (tertiary/aromatic N) is 1. The molecule has 3 rings (SSSR count). The summed E-state index contributed by atoms with van der Waals surface area (Å²) < 4.78 is 10.8. The smallest absolute Gasteiger partial charge is 0.357 e. The fraction of sp³-hybridized carbons (Fsp3) is 0.0870. The topological polar surface area (TPSA) is 138 Å². The van der Waals surface area contributed by atoms with E-state index in [1.54, 1.807) is 25.1 Å². The van der Waals surface area contributed by atoms with E-state index in [-0.39, 0.29) is 21.6 Å². The Hall–Kier alpha value is -3.29. The van der Waals surface area contributed by atoms with Crippen LogP contribution in [-0.2, 0) is 9.36 Å². The van der Waals surface area contributed by atoms with Crippen LogP contribution in [-0.4, -0.2) is 25.8 Å². The number of nitro benzene ring substituents is 1. The molecule has 8 nitrogen and oxygen atoms in total. The summed E-state index contributed by atoms with van der Waals surface area (Å²) in [4.78, 5) is 39.2. The highest BCUT2D eigenvalue weighted by Gasteiger charge is 2.20. The summed E-state index contributed by atoms with van der Waals surface area (Å²) in [6, 6.07) is 17.5. The first-order chi connectivity index (χ1) is 15.4. The van der Waals surface area contributed by atoms with Gasteiger partial charge in [0.15, 0.2) is 0 Å². The maximum atomic E-state index is 11.5. The lowest BCUT2D eigenvalue weighted by molar-refractivity contribution is -0.384. The van der Waals surface area contributed by atoms with Crippen LogP contribution < -0.4 is 5.30 Å². The Balaban J connectivity index is 0.000000273. The lowest BCUT2D eigenvalue weighted by Crippen LogP contribution is -2.05. The molecule has 0 unspecified atom stereocenters. The van der Waals surface area contributed by atoms with Crippen LogP contribution in [0.2, 0.25) is 5.02 Å². The fourth-order valence-corrected chi connectivity index (χ4v) is 4.01. The minimum atomic E-state index is -4.21. The van der Waals surface area contributed by atoms with Crippen molar-refractivity contribution in [1.29, 1.82) is 0 Å². The molecule has 0 aliphatic carbocycles. The fourth-order valence-electron chi connectivity index (χ4n) is 2.83. The van der Waals surface area contributed by atoms with E-state index < -0.39 is 18.5 Å². The van der Waals surface area contributed by atoms with Gasteiger partial charge in [-0.15, -0.1) is 0 Å². The zero-order valence-electron chi connectivity index (χ0n) is 17.7. The molecule has 172 valence electrons. The van der Waals surface area contributed by atoms with Crippen molar-refractivity contribution in [3.8, 4) is 0 Å². The molecule has 0 aliphatic heterocycles. The molecule has 0 spiro atoms. The highest BCUT2D eigenvalue weighted by molar-refractivity contribution is 7.60. The lowest BCUT2D eigenvalue weighted by Gasteiger charge is -2.06. The predicted octanol–water partition coefficient (Wildman–Crippen LogP) is 4.98. The quantitative estimate of drug-likeness (QED) is 0.151. The first-order valence-electron chi connectivity index (χ1n) is 9.48. The standard InChI is InChI=1S/C16H13NO4.C7H8ClO3P/c1-11-4-2-3-5-14(11)15(16(18)19)10-12-6-8-13(9-7-12)17(20)21;1-5-2-3-6(8)7(4-5)12(9,10)11/h2-10H,1H3,(H,18,19);2-4H,1H3,(H2,9,10,11). The number of aliphatic carboxylic acids is 1. The third kappa shape index (κ3) is 7.37. The normalized spacial score (nSPS) is 11.4. The molecule has 0 atom stereocenters. The second kappa shape index (κ2) is 11.0. The molecule has 0 aliphatic rings. The molecule has 3 N–H and O–H groups in total. The second-order valence-electron chi connectivity index (χ2n) is 7.03. The Bertz CT molecular complexity index is 1250. The van der Waals surface area contributed by atoms with Crippen molar-refractivity contribution in [3.63, 3.8) is 0 Å². The number of halogens is 1. The van der Waals surface area contributed by atoms with E-state index in [0.29, 0.717) is 11.1 Å². The van der Waals surface area contributed by atoms with Crippen LogP contribution in [0.1, 0.15) is 22.3 Å². The molecule has 0 radical (unpaired) electrons. The molecular formula is C23H21ClNO7P. The van der Waals surface area contributed by atoms with E-state index in [9.17, 15) is 24.6 Å². The van der Waals surface area contributed by atoms with Gasteiger partial charge in [-0.2, -0.15) is 0 Å². The minimum Gasteiger partial charge on any atom is -0.478 e. The highest BCUT2D eigenvalue weighted by atomic mass is 35.5. The predicted molar refractivity (Wildman–Crippen MR) is 128 cm³/mol. The van der Waals surface area contributed by atoms with Gasteiger partial charge < -0.3 is 14.9 Å². The van der Waals surface area contributed by atoms with Crippen LogP contribution in [0.15, 0.2) is 66.7 Å². The maximum Gasteiger partial charge on any atom is 0.357 e. The van der Waals surface area contributed by atoms with Gasteiger partial charge in [0.05, 0.1) is 20.8 Å². The number of aryl methyl sites for hydroxylation is 2. The van der Waals surface area contributed by atoms with Gasteiger partial charge >= 0.3 is 13.6 Å². The second-order valence-corrected chi connectivity index (χ2v) is 9.00. The number of nitro groups is 1. The van der Waals surface area contributed by atoms with E-state index in [4.69, 9.17) is 21.4 Å². The van der Waals surface area contributed by atoms with E-state index in [1.165, 1.54) is 42.5 Å². The van der Waals surface area contributed by atoms with Crippen LogP contribution >= 0.6 is 19.2 Å². The monoisotopic (exact) mass is 489 g/mol. The molecule has 0 saturated carbocycles. The van der Waals surface area contributed by atoms with Gasteiger partial charge in [-0.1, -0.05) is 47.5 Å². The molecule has 0 fully saturated rings. The summed E-state index contributed by atoms with van der Waals surface area (Å²) in [6.07, 6.45) is 1.51.